The molecule has 0 aliphatic heterocycles. The fraction of sp³-hybridized carbons (Fsp3) is 0.286. The van der Waals surface area contributed by atoms with Gasteiger partial charge in [0.15, 0.2) is 11.4 Å². The first-order valence-corrected chi connectivity index (χ1v) is 5.41. The predicted octanol–water partition coefficient (Wildman–Crippen LogP) is 0.381. The van der Waals surface area contributed by atoms with Crippen LogP contribution in [0.1, 0.15) is 12.1 Å². The van der Waals surface area contributed by atoms with E-state index in [4.69, 9.17) is 5.14 Å². The molecule has 1 aromatic rings. The average Bonchev–Trinajstić information content (AvgIpc) is 2.15. The summed E-state index contributed by atoms with van der Waals surface area (Å²) in [6, 6.07) is 0.760. The third-order valence-electron chi connectivity index (χ3n) is 1.68. The number of nitrogens with two attached hydrogens (primary N) is 1. The maximum absolute atomic E-state index is 12.4. The van der Waals surface area contributed by atoms with E-state index in [1.54, 1.807) is 0 Å². The summed E-state index contributed by atoms with van der Waals surface area (Å²) in [5.74, 6) is -1.55. The molecule has 90 valence electrons. The van der Waals surface area contributed by atoms with Crippen molar-refractivity contribution in [2.45, 2.75) is 11.3 Å². The maximum Gasteiger partial charge on any atom is 0.284 e. The Morgan fingerprint density at radius 3 is 2.50 bits per heavy atom. The Hall–Kier alpha value is -1.48. The summed E-state index contributed by atoms with van der Waals surface area (Å²) in [6.07, 6.45) is -3.14. The Bertz CT molecular complexity index is 503. The molecule has 0 radical (unpaired) electrons. The van der Waals surface area contributed by atoms with Gasteiger partial charge in [0, 0.05) is 6.07 Å². The van der Waals surface area contributed by atoms with Crippen molar-refractivity contribution in [3.63, 3.8) is 0 Å². The highest BCUT2D eigenvalue weighted by atomic mass is 32.2. The summed E-state index contributed by atoms with van der Waals surface area (Å²) in [7, 11) is -3.21. The molecule has 0 amide bonds. The summed E-state index contributed by atoms with van der Waals surface area (Å²) < 4.78 is 51.3. The second-order valence-corrected chi connectivity index (χ2v) is 4.27. The first-order valence-electron chi connectivity index (χ1n) is 3.86. The van der Waals surface area contributed by atoms with Gasteiger partial charge >= 0.3 is 0 Å². The lowest BCUT2D eigenvalue weighted by Gasteiger charge is -2.09. The van der Waals surface area contributed by atoms with Crippen LogP contribution in [0.25, 0.3) is 0 Å². The number of primary sulfonamides is 1. The molecule has 16 heavy (non-hydrogen) atoms. The van der Waals surface area contributed by atoms with Crippen molar-refractivity contribution in [1.82, 2.24) is 4.98 Å². The van der Waals surface area contributed by atoms with Crippen LogP contribution in [0.2, 0.25) is 0 Å². The number of methoxy groups -OCH3 is 1. The molecule has 0 atom stereocenters. The van der Waals surface area contributed by atoms with Gasteiger partial charge in [0.05, 0.1) is 7.11 Å². The molecule has 0 unspecified atom stereocenters. The molecular weight excluding hydrogens is 246 g/mol. The first kappa shape index (κ1) is 12.6. The predicted molar refractivity (Wildman–Crippen MR) is 48.8 cm³/mol. The van der Waals surface area contributed by atoms with E-state index >= 15 is 0 Å². The van der Waals surface area contributed by atoms with E-state index in [0.29, 0.717) is 0 Å². The number of aromatic nitrogens is 1. The minimum absolute atomic E-state index is 0.378. The van der Waals surface area contributed by atoms with Gasteiger partial charge in [0.2, 0.25) is 15.9 Å². The normalized spacial score (nSPS) is 11.8. The lowest BCUT2D eigenvalue weighted by atomic mass is 10.3. The fourth-order valence-corrected chi connectivity index (χ4v) is 1.62. The van der Waals surface area contributed by atoms with Gasteiger partial charge < -0.3 is 9.84 Å². The number of halogens is 2. The van der Waals surface area contributed by atoms with Gasteiger partial charge in [-0.2, -0.15) is 0 Å². The Morgan fingerprint density at radius 2 is 2.12 bits per heavy atom. The molecule has 6 nitrogen and oxygen atoms in total. The lowest BCUT2D eigenvalue weighted by molar-refractivity contribution is 0.140. The van der Waals surface area contributed by atoms with Gasteiger partial charge in [-0.25, -0.2) is 27.3 Å². The maximum atomic E-state index is 12.4. The molecule has 0 saturated carbocycles. The van der Waals surface area contributed by atoms with E-state index in [1.807, 2.05) is 0 Å². The van der Waals surface area contributed by atoms with Crippen LogP contribution in [-0.2, 0) is 10.0 Å². The van der Waals surface area contributed by atoms with Crippen molar-refractivity contribution in [2.75, 3.05) is 7.11 Å². The number of sulfonamides is 1. The van der Waals surface area contributed by atoms with Crippen LogP contribution in [0.5, 0.6) is 11.6 Å². The van der Waals surface area contributed by atoms with Crippen LogP contribution in [0.3, 0.4) is 0 Å². The highest BCUT2D eigenvalue weighted by molar-refractivity contribution is 7.89. The third-order valence-corrected chi connectivity index (χ3v) is 2.61. The number of pyridine rings is 1. The van der Waals surface area contributed by atoms with E-state index < -0.39 is 32.8 Å². The molecule has 0 saturated heterocycles. The van der Waals surface area contributed by atoms with Crippen LogP contribution >= 0.6 is 0 Å². The minimum atomic E-state index is -4.33. The Morgan fingerprint density at radius 1 is 1.56 bits per heavy atom. The van der Waals surface area contributed by atoms with Crippen molar-refractivity contribution in [3.8, 4) is 11.6 Å². The molecule has 0 aromatic carbocycles. The van der Waals surface area contributed by atoms with Crippen LogP contribution in [0.4, 0.5) is 8.78 Å². The van der Waals surface area contributed by atoms with Crippen LogP contribution in [0.15, 0.2) is 11.0 Å². The number of hydrogen-bond acceptors (Lipinski definition) is 5. The van der Waals surface area contributed by atoms with Crippen LogP contribution in [0, 0.1) is 0 Å². The number of alkyl halides is 2. The number of hydrogen-bond donors (Lipinski definition) is 2. The summed E-state index contributed by atoms with van der Waals surface area (Å²) >= 11 is 0. The second-order valence-electron chi connectivity index (χ2n) is 2.74. The average molecular weight is 254 g/mol. The molecule has 1 heterocycles. The highest BCUT2D eigenvalue weighted by Crippen LogP contribution is 2.34. The number of ether oxygens (including phenoxy) is 1. The van der Waals surface area contributed by atoms with Crippen molar-refractivity contribution < 1.29 is 27.0 Å². The summed E-state index contributed by atoms with van der Waals surface area (Å²) in [5.41, 5.74) is -1.09. The first-order chi connectivity index (χ1) is 7.27. The second kappa shape index (κ2) is 4.18. The van der Waals surface area contributed by atoms with E-state index in [0.717, 1.165) is 13.2 Å². The van der Waals surface area contributed by atoms with Crippen molar-refractivity contribution in [1.29, 1.82) is 0 Å². The minimum Gasteiger partial charge on any atom is -0.505 e. The zero-order chi connectivity index (χ0) is 12.5. The zero-order valence-electron chi connectivity index (χ0n) is 8.02. The summed E-state index contributed by atoms with van der Waals surface area (Å²) in [5, 5.41) is 14.0. The molecule has 0 fully saturated rings. The molecule has 1 rings (SSSR count). The van der Waals surface area contributed by atoms with Gasteiger partial charge in [0.25, 0.3) is 6.43 Å². The van der Waals surface area contributed by atoms with Gasteiger partial charge in [-0.1, -0.05) is 0 Å². The van der Waals surface area contributed by atoms with E-state index in [2.05, 4.69) is 9.72 Å². The van der Waals surface area contributed by atoms with E-state index in [1.165, 1.54) is 0 Å². The molecule has 3 N–H and O–H groups in total. The Kier molecular flexibility index (Phi) is 3.29. The molecule has 9 heteroatoms. The molecule has 0 spiro atoms. The smallest absolute Gasteiger partial charge is 0.284 e. The molecule has 1 aromatic heterocycles. The zero-order valence-corrected chi connectivity index (χ0v) is 8.83. The molecule has 0 aliphatic rings. The van der Waals surface area contributed by atoms with Gasteiger partial charge in [-0.15, -0.1) is 0 Å². The van der Waals surface area contributed by atoms with Crippen LogP contribution < -0.4 is 9.88 Å². The third kappa shape index (κ3) is 2.36. The number of aromatic hydroxyl groups is 1. The molecule has 0 bridgehead atoms. The van der Waals surface area contributed by atoms with Crippen LogP contribution in [-0.4, -0.2) is 25.6 Å². The van der Waals surface area contributed by atoms with Gasteiger partial charge in [-0.05, 0) is 0 Å². The molecular formula is C7H8F2N2O4S. The van der Waals surface area contributed by atoms with Gasteiger partial charge in [-0.3, -0.25) is 0 Å². The largest absolute Gasteiger partial charge is 0.505 e. The van der Waals surface area contributed by atoms with Crippen molar-refractivity contribution in [2.24, 2.45) is 5.14 Å². The number of nitrogens with zero attached hydrogens (tertiary/aromatic N) is 1. The lowest BCUT2D eigenvalue weighted by Crippen LogP contribution is -2.14. The number of rotatable bonds is 3. The molecule has 0 aliphatic carbocycles. The van der Waals surface area contributed by atoms with E-state index in [9.17, 15) is 22.3 Å². The monoisotopic (exact) mass is 254 g/mol. The summed E-state index contributed by atoms with van der Waals surface area (Å²) in [4.78, 5) is 2.37. The Balaban J connectivity index is 3.56. The van der Waals surface area contributed by atoms with Gasteiger partial charge in [0.1, 0.15) is 4.90 Å². The SMILES string of the molecule is COc1cc(S(N)(=O)=O)c(O)c(C(F)F)n1. The summed E-state index contributed by atoms with van der Waals surface area (Å²) in [6.45, 7) is 0. The standard InChI is InChI=1S/C7H8F2N2O4S/c1-15-4-2-3(16(10,13)14)6(12)5(11-4)7(8)9/h2,7,12H,1H3,(H2,10,13,14). The topological polar surface area (TPSA) is 103 Å². The highest BCUT2D eigenvalue weighted by Gasteiger charge is 2.25. The quantitative estimate of drug-likeness (QED) is 0.811. The van der Waals surface area contributed by atoms with Crippen molar-refractivity contribution >= 4 is 10.0 Å². The Labute approximate surface area is 89.7 Å². The van der Waals surface area contributed by atoms with Crippen molar-refractivity contribution in [3.05, 3.63) is 11.8 Å². The van der Waals surface area contributed by atoms with E-state index in [-0.39, 0.29) is 5.88 Å². The fourth-order valence-electron chi connectivity index (χ4n) is 0.984.